The monoisotopic (exact) mass is 386 g/mol. The first-order valence-electron chi connectivity index (χ1n) is 9.84. The lowest BCUT2D eigenvalue weighted by molar-refractivity contribution is 0.180. The number of likely N-dealkylation sites (tertiary alicyclic amines) is 1. The molecule has 27 heavy (non-hydrogen) atoms. The summed E-state index contributed by atoms with van der Waals surface area (Å²) in [7, 11) is 0. The molecule has 2 N–H and O–H groups in total. The van der Waals surface area contributed by atoms with Crippen LogP contribution in [-0.2, 0) is 6.42 Å². The van der Waals surface area contributed by atoms with Crippen LogP contribution in [0.3, 0.4) is 0 Å². The quantitative estimate of drug-likeness (QED) is 0.748. The smallest absolute Gasteiger partial charge is 0.317 e. The van der Waals surface area contributed by atoms with Gasteiger partial charge in [-0.1, -0.05) is 44.2 Å². The topological polar surface area (TPSA) is 57.3 Å². The summed E-state index contributed by atoms with van der Waals surface area (Å²) in [4.78, 5) is 18.8. The number of anilines is 1. The van der Waals surface area contributed by atoms with Crippen molar-refractivity contribution >= 4 is 22.5 Å². The summed E-state index contributed by atoms with van der Waals surface area (Å²) >= 11 is 1.62. The summed E-state index contributed by atoms with van der Waals surface area (Å²) in [5.74, 6) is 0.971. The van der Waals surface area contributed by atoms with E-state index >= 15 is 0 Å². The van der Waals surface area contributed by atoms with Crippen LogP contribution in [-0.4, -0.2) is 41.6 Å². The number of urea groups is 1. The summed E-state index contributed by atoms with van der Waals surface area (Å²) in [6.07, 6.45) is 4.74. The minimum absolute atomic E-state index is 0.0708. The average Bonchev–Trinajstić information content (AvgIpc) is 3.19. The molecule has 3 rings (SSSR count). The molecule has 146 valence electrons. The molecular weight excluding hydrogens is 356 g/mol. The molecule has 1 atom stereocenters. The van der Waals surface area contributed by atoms with Gasteiger partial charge in [0, 0.05) is 37.3 Å². The lowest BCUT2D eigenvalue weighted by Crippen LogP contribution is -2.48. The Bertz CT molecular complexity index is 681. The van der Waals surface area contributed by atoms with Crippen molar-refractivity contribution in [3.63, 3.8) is 0 Å². The van der Waals surface area contributed by atoms with Gasteiger partial charge in [0.1, 0.15) is 0 Å². The zero-order valence-electron chi connectivity index (χ0n) is 16.2. The fraction of sp³-hybridized carbons (Fsp3) is 0.524. The number of carbonyl (C=O) groups excluding carboxylic acids is 1. The van der Waals surface area contributed by atoms with Crippen molar-refractivity contribution in [3.05, 3.63) is 47.5 Å². The van der Waals surface area contributed by atoms with E-state index in [1.54, 1.807) is 11.3 Å². The number of rotatable bonds is 7. The minimum atomic E-state index is 0.0708. The van der Waals surface area contributed by atoms with Crippen LogP contribution in [0.25, 0.3) is 0 Å². The van der Waals surface area contributed by atoms with E-state index in [-0.39, 0.29) is 6.03 Å². The maximum atomic E-state index is 12.6. The predicted octanol–water partition coefficient (Wildman–Crippen LogP) is 4.24. The number of amides is 2. The van der Waals surface area contributed by atoms with E-state index in [2.05, 4.69) is 53.7 Å². The Kier molecular flexibility index (Phi) is 7.10. The largest absolute Gasteiger partial charge is 0.359 e. The molecule has 2 aromatic rings. The third-order valence-corrected chi connectivity index (χ3v) is 6.05. The fourth-order valence-electron chi connectivity index (χ4n) is 3.49. The number of thiazole rings is 1. The molecular formula is C21H30N4OS. The number of nitrogens with zero attached hydrogens (tertiary/aromatic N) is 2. The molecule has 5 nitrogen and oxygen atoms in total. The molecule has 1 aliphatic heterocycles. The fourth-order valence-corrected chi connectivity index (χ4v) is 4.09. The predicted molar refractivity (Wildman–Crippen MR) is 112 cm³/mol. The zero-order valence-corrected chi connectivity index (χ0v) is 17.0. The van der Waals surface area contributed by atoms with Crippen LogP contribution in [0.4, 0.5) is 9.93 Å². The highest BCUT2D eigenvalue weighted by atomic mass is 32.1. The SMILES string of the molecule is CC(C)C(CNC(=O)N1CCC(Nc2nccs2)CC1)Cc1ccccc1. The highest BCUT2D eigenvalue weighted by Gasteiger charge is 2.24. The number of hydrogen-bond acceptors (Lipinski definition) is 4. The van der Waals surface area contributed by atoms with Crippen molar-refractivity contribution < 1.29 is 4.79 Å². The van der Waals surface area contributed by atoms with E-state index in [0.29, 0.717) is 17.9 Å². The Morgan fingerprint density at radius 3 is 2.63 bits per heavy atom. The summed E-state index contributed by atoms with van der Waals surface area (Å²) in [6, 6.07) is 11.0. The molecule has 1 fully saturated rings. The van der Waals surface area contributed by atoms with Gasteiger partial charge in [-0.15, -0.1) is 11.3 Å². The number of nitrogens with one attached hydrogen (secondary N) is 2. The second-order valence-corrected chi connectivity index (χ2v) is 8.52. The molecule has 0 saturated carbocycles. The molecule has 1 aromatic carbocycles. The van der Waals surface area contributed by atoms with E-state index in [0.717, 1.165) is 44.0 Å². The maximum absolute atomic E-state index is 12.6. The normalized spacial score (nSPS) is 16.3. The first-order chi connectivity index (χ1) is 13.1. The van der Waals surface area contributed by atoms with Crippen LogP contribution in [0.1, 0.15) is 32.3 Å². The summed E-state index contributed by atoms with van der Waals surface area (Å²) in [6.45, 7) is 6.77. The lowest BCUT2D eigenvalue weighted by Gasteiger charge is -2.33. The van der Waals surface area contributed by atoms with E-state index in [9.17, 15) is 4.79 Å². The van der Waals surface area contributed by atoms with Crippen LogP contribution in [0, 0.1) is 11.8 Å². The van der Waals surface area contributed by atoms with Gasteiger partial charge in [0.15, 0.2) is 5.13 Å². The Morgan fingerprint density at radius 1 is 1.26 bits per heavy atom. The van der Waals surface area contributed by atoms with Crippen LogP contribution in [0.15, 0.2) is 41.9 Å². The van der Waals surface area contributed by atoms with Crippen LogP contribution >= 0.6 is 11.3 Å². The molecule has 0 radical (unpaired) electrons. The number of piperidine rings is 1. The maximum Gasteiger partial charge on any atom is 0.317 e. The second kappa shape index (κ2) is 9.74. The van der Waals surface area contributed by atoms with Gasteiger partial charge in [-0.25, -0.2) is 9.78 Å². The van der Waals surface area contributed by atoms with Crippen LogP contribution in [0.2, 0.25) is 0 Å². The lowest BCUT2D eigenvalue weighted by atomic mass is 9.89. The van der Waals surface area contributed by atoms with Gasteiger partial charge in [-0.2, -0.15) is 0 Å². The number of benzene rings is 1. The van der Waals surface area contributed by atoms with Crippen molar-refractivity contribution in [2.75, 3.05) is 25.0 Å². The molecule has 1 aliphatic rings. The average molecular weight is 387 g/mol. The van der Waals surface area contributed by atoms with Gasteiger partial charge in [-0.3, -0.25) is 0 Å². The van der Waals surface area contributed by atoms with Crippen molar-refractivity contribution in [2.45, 2.75) is 39.2 Å². The number of aromatic nitrogens is 1. The molecule has 0 bridgehead atoms. The number of hydrogen-bond donors (Lipinski definition) is 2. The first kappa shape index (κ1) is 19.7. The summed E-state index contributed by atoms with van der Waals surface area (Å²) < 4.78 is 0. The Morgan fingerprint density at radius 2 is 2.00 bits per heavy atom. The van der Waals surface area contributed by atoms with Crippen LogP contribution < -0.4 is 10.6 Å². The Hall–Kier alpha value is -2.08. The molecule has 1 saturated heterocycles. The van der Waals surface area contributed by atoms with E-state index < -0.39 is 0 Å². The highest BCUT2D eigenvalue weighted by Crippen LogP contribution is 2.19. The van der Waals surface area contributed by atoms with Crippen molar-refractivity contribution in [2.24, 2.45) is 11.8 Å². The third-order valence-electron chi connectivity index (χ3n) is 5.34. The molecule has 2 amide bonds. The van der Waals surface area contributed by atoms with Crippen molar-refractivity contribution in [3.8, 4) is 0 Å². The molecule has 2 heterocycles. The zero-order chi connectivity index (χ0) is 19.1. The minimum Gasteiger partial charge on any atom is -0.359 e. The molecule has 0 aliphatic carbocycles. The van der Waals surface area contributed by atoms with Gasteiger partial charge in [-0.05, 0) is 36.7 Å². The number of carbonyl (C=O) groups is 1. The third kappa shape index (κ3) is 5.96. The summed E-state index contributed by atoms with van der Waals surface area (Å²) in [5, 5.41) is 9.58. The second-order valence-electron chi connectivity index (χ2n) is 7.62. The molecule has 6 heteroatoms. The first-order valence-corrected chi connectivity index (χ1v) is 10.7. The van der Waals surface area contributed by atoms with E-state index in [1.165, 1.54) is 5.56 Å². The van der Waals surface area contributed by atoms with E-state index in [4.69, 9.17) is 0 Å². The van der Waals surface area contributed by atoms with Gasteiger partial charge in [0.2, 0.25) is 0 Å². The molecule has 1 unspecified atom stereocenters. The Labute approximate surface area is 166 Å². The van der Waals surface area contributed by atoms with Gasteiger partial charge in [0.05, 0.1) is 0 Å². The van der Waals surface area contributed by atoms with Crippen LogP contribution in [0.5, 0.6) is 0 Å². The van der Waals surface area contributed by atoms with E-state index in [1.807, 2.05) is 22.5 Å². The van der Waals surface area contributed by atoms with Crippen molar-refractivity contribution in [1.29, 1.82) is 0 Å². The molecule has 0 spiro atoms. The Balaban J connectivity index is 1.43. The molecule has 1 aromatic heterocycles. The van der Waals surface area contributed by atoms with Gasteiger partial charge >= 0.3 is 6.03 Å². The van der Waals surface area contributed by atoms with Gasteiger partial charge < -0.3 is 15.5 Å². The highest BCUT2D eigenvalue weighted by molar-refractivity contribution is 7.13. The standard InChI is InChI=1S/C21H30N4OS/c1-16(2)18(14-17-6-4-3-5-7-17)15-23-21(26)25-11-8-19(9-12-25)24-20-22-10-13-27-20/h3-7,10,13,16,18-19H,8-9,11-12,14-15H2,1-2H3,(H,22,24)(H,23,26). The van der Waals surface area contributed by atoms with Gasteiger partial charge in [0.25, 0.3) is 0 Å². The van der Waals surface area contributed by atoms with Crippen molar-refractivity contribution in [1.82, 2.24) is 15.2 Å². The summed E-state index contributed by atoms with van der Waals surface area (Å²) in [5.41, 5.74) is 1.33.